The second-order valence-corrected chi connectivity index (χ2v) is 8.82. The van der Waals surface area contributed by atoms with E-state index in [1.54, 1.807) is 0 Å². The van der Waals surface area contributed by atoms with Crippen molar-refractivity contribution in [3.8, 4) is 11.1 Å². The summed E-state index contributed by atoms with van der Waals surface area (Å²) in [5, 5.41) is 3.69. The molecule has 0 saturated heterocycles. The van der Waals surface area contributed by atoms with Gasteiger partial charge in [0.15, 0.2) is 0 Å². The van der Waals surface area contributed by atoms with E-state index in [9.17, 15) is 0 Å². The van der Waals surface area contributed by atoms with Crippen molar-refractivity contribution in [1.29, 1.82) is 0 Å². The van der Waals surface area contributed by atoms with E-state index in [1.165, 1.54) is 44.5 Å². The number of hydrogen-bond donors (Lipinski definition) is 2. The molecule has 152 valence electrons. The van der Waals surface area contributed by atoms with Crippen molar-refractivity contribution in [1.82, 2.24) is 0 Å². The Balaban J connectivity index is 1.58. The first-order valence-electron chi connectivity index (χ1n) is 11.1. The summed E-state index contributed by atoms with van der Waals surface area (Å²) in [4.78, 5) is 0. The molecule has 0 bridgehead atoms. The Morgan fingerprint density at radius 3 is 2.44 bits per heavy atom. The molecule has 1 unspecified atom stereocenters. The van der Waals surface area contributed by atoms with Crippen molar-refractivity contribution >= 4 is 22.6 Å². The van der Waals surface area contributed by atoms with Crippen molar-refractivity contribution in [2.24, 2.45) is 0 Å². The van der Waals surface area contributed by atoms with Crippen molar-refractivity contribution < 1.29 is 0 Å². The van der Waals surface area contributed by atoms with E-state index in [0.717, 1.165) is 23.5 Å². The Labute approximate surface area is 187 Å². The maximum absolute atomic E-state index is 6.36. The lowest BCUT2D eigenvalue weighted by Crippen LogP contribution is -2.26. The van der Waals surface area contributed by atoms with Crippen molar-refractivity contribution in [2.75, 3.05) is 11.1 Å². The molecule has 32 heavy (non-hydrogen) atoms. The molecule has 2 nitrogen and oxygen atoms in total. The molecule has 0 fully saturated rings. The summed E-state index contributed by atoms with van der Waals surface area (Å²) in [6.45, 7) is 0. The van der Waals surface area contributed by atoms with Gasteiger partial charge in [-0.15, -0.1) is 0 Å². The second-order valence-electron chi connectivity index (χ2n) is 8.82. The van der Waals surface area contributed by atoms with Crippen LogP contribution in [0.25, 0.3) is 16.7 Å². The lowest BCUT2D eigenvalue weighted by atomic mass is 9.69. The summed E-state index contributed by atoms with van der Waals surface area (Å²) in [6.07, 6.45) is 5.63. The van der Waals surface area contributed by atoms with Gasteiger partial charge < -0.3 is 11.1 Å². The number of para-hydroxylation sites is 1. The molecule has 0 aromatic heterocycles. The Hall–Kier alpha value is -4.04. The number of anilines is 3. The van der Waals surface area contributed by atoms with Crippen LogP contribution in [-0.2, 0) is 5.41 Å². The fourth-order valence-electron chi connectivity index (χ4n) is 6.08. The van der Waals surface area contributed by atoms with E-state index in [2.05, 4.69) is 96.3 Å². The van der Waals surface area contributed by atoms with E-state index in [-0.39, 0.29) is 5.41 Å². The van der Waals surface area contributed by atoms with Crippen LogP contribution < -0.4 is 11.1 Å². The summed E-state index contributed by atoms with van der Waals surface area (Å²) in [6, 6.07) is 32.4. The third kappa shape index (κ3) is 2.09. The summed E-state index contributed by atoms with van der Waals surface area (Å²) < 4.78 is 0. The van der Waals surface area contributed by atoms with Crippen LogP contribution in [0.1, 0.15) is 28.7 Å². The normalized spacial score (nSPS) is 19.1. The van der Waals surface area contributed by atoms with Gasteiger partial charge in [-0.05, 0) is 75.7 Å². The quantitative estimate of drug-likeness (QED) is 0.347. The molecular weight excluding hydrogens is 388 g/mol. The zero-order chi connectivity index (χ0) is 21.3. The van der Waals surface area contributed by atoms with Crippen molar-refractivity contribution in [3.05, 3.63) is 131 Å². The van der Waals surface area contributed by atoms with E-state index in [4.69, 9.17) is 5.73 Å². The van der Waals surface area contributed by atoms with Crippen LogP contribution in [-0.4, -0.2) is 0 Å². The largest absolute Gasteiger partial charge is 0.399 e. The van der Waals surface area contributed by atoms with Gasteiger partial charge in [0, 0.05) is 22.6 Å². The molecule has 4 aromatic rings. The van der Waals surface area contributed by atoms with Gasteiger partial charge in [-0.1, -0.05) is 72.8 Å². The van der Waals surface area contributed by atoms with E-state index in [1.807, 2.05) is 12.1 Å². The summed E-state index contributed by atoms with van der Waals surface area (Å²) in [7, 11) is 0. The molecule has 0 aliphatic heterocycles. The SMILES string of the molecule is Nc1ccc2c(c1)C1(C3=C2CC=C3)c2ccccc2-c2c(Nc3ccccc3)cccc21. The molecule has 2 heteroatoms. The standard InChI is InChI=1S/C30H22N2/c31-19-16-17-22-21-11-6-13-24(21)30(27(22)18-19)25-12-5-4-10-23(25)29-26(30)14-7-15-28(29)32-20-8-2-1-3-9-20/h1-10,12-18,32H,11,31H2. The molecule has 0 amide bonds. The molecule has 3 N–H and O–H groups in total. The maximum atomic E-state index is 6.36. The van der Waals surface area contributed by atoms with Gasteiger partial charge in [0.25, 0.3) is 0 Å². The van der Waals surface area contributed by atoms with Crippen LogP contribution >= 0.6 is 0 Å². The monoisotopic (exact) mass is 410 g/mol. The molecule has 7 rings (SSSR count). The van der Waals surface area contributed by atoms with Crippen molar-refractivity contribution in [3.63, 3.8) is 0 Å². The van der Waals surface area contributed by atoms with Gasteiger partial charge in [-0.25, -0.2) is 0 Å². The van der Waals surface area contributed by atoms with Crippen molar-refractivity contribution in [2.45, 2.75) is 11.8 Å². The van der Waals surface area contributed by atoms with Crippen LogP contribution in [0.5, 0.6) is 0 Å². The number of fused-ring (bicyclic) bond motifs is 9. The molecule has 3 aliphatic rings. The summed E-state index contributed by atoms with van der Waals surface area (Å²) in [5.41, 5.74) is 19.8. The third-order valence-electron chi connectivity index (χ3n) is 7.23. The predicted molar refractivity (Wildman–Crippen MR) is 133 cm³/mol. The topological polar surface area (TPSA) is 38.0 Å². The molecule has 1 atom stereocenters. The first-order chi connectivity index (χ1) is 15.8. The first kappa shape index (κ1) is 17.6. The Morgan fingerprint density at radius 1 is 0.719 bits per heavy atom. The van der Waals surface area contributed by atoms with Gasteiger partial charge in [-0.2, -0.15) is 0 Å². The first-order valence-corrected chi connectivity index (χ1v) is 11.1. The van der Waals surface area contributed by atoms with Crippen LogP contribution in [0.3, 0.4) is 0 Å². The Morgan fingerprint density at radius 2 is 1.53 bits per heavy atom. The molecule has 1 spiro atoms. The van der Waals surface area contributed by atoms with Crippen LogP contribution in [0.4, 0.5) is 17.1 Å². The minimum atomic E-state index is -0.312. The highest BCUT2D eigenvalue weighted by atomic mass is 14.9. The highest BCUT2D eigenvalue weighted by Gasteiger charge is 2.53. The number of hydrogen-bond acceptors (Lipinski definition) is 2. The molecule has 4 aromatic carbocycles. The lowest BCUT2D eigenvalue weighted by Gasteiger charge is -2.31. The minimum Gasteiger partial charge on any atom is -0.399 e. The fourth-order valence-corrected chi connectivity index (χ4v) is 6.08. The minimum absolute atomic E-state index is 0.312. The van der Waals surface area contributed by atoms with Crippen LogP contribution in [0.2, 0.25) is 0 Å². The average Bonchev–Trinajstić information content (AvgIpc) is 3.48. The Bertz CT molecular complexity index is 1480. The molecule has 0 heterocycles. The van der Waals surface area contributed by atoms with E-state index < -0.39 is 0 Å². The van der Waals surface area contributed by atoms with E-state index >= 15 is 0 Å². The third-order valence-corrected chi connectivity index (χ3v) is 7.23. The molecule has 0 saturated carbocycles. The highest BCUT2D eigenvalue weighted by molar-refractivity contribution is 6.00. The number of allylic oxidation sites excluding steroid dienone is 4. The van der Waals surface area contributed by atoms with E-state index in [0.29, 0.717) is 0 Å². The van der Waals surface area contributed by atoms with Gasteiger partial charge >= 0.3 is 0 Å². The summed E-state index contributed by atoms with van der Waals surface area (Å²) in [5.74, 6) is 0. The van der Waals surface area contributed by atoms with Gasteiger partial charge in [0.2, 0.25) is 0 Å². The molecule has 3 aliphatic carbocycles. The molecular formula is C30H22N2. The zero-order valence-corrected chi connectivity index (χ0v) is 17.6. The van der Waals surface area contributed by atoms with Gasteiger partial charge in [0.1, 0.15) is 0 Å². The second kappa shape index (κ2) is 6.24. The Kier molecular flexibility index (Phi) is 3.44. The lowest BCUT2D eigenvalue weighted by molar-refractivity contribution is 0.788. The fraction of sp³-hybridized carbons (Fsp3) is 0.0667. The number of nitrogens with two attached hydrogens (primary N) is 1. The number of rotatable bonds is 2. The average molecular weight is 411 g/mol. The maximum Gasteiger partial charge on any atom is 0.0723 e. The van der Waals surface area contributed by atoms with Crippen LogP contribution in [0.15, 0.2) is 109 Å². The number of benzene rings is 4. The number of nitrogens with one attached hydrogen (secondary N) is 1. The summed E-state index contributed by atoms with van der Waals surface area (Å²) >= 11 is 0. The zero-order valence-electron chi connectivity index (χ0n) is 17.6. The number of nitrogen functional groups attached to an aromatic ring is 1. The van der Waals surface area contributed by atoms with Gasteiger partial charge in [-0.3, -0.25) is 0 Å². The van der Waals surface area contributed by atoms with Crippen LogP contribution in [0, 0.1) is 0 Å². The predicted octanol–water partition coefficient (Wildman–Crippen LogP) is 7.05. The smallest absolute Gasteiger partial charge is 0.0723 e. The highest BCUT2D eigenvalue weighted by Crippen LogP contribution is 2.64. The van der Waals surface area contributed by atoms with Gasteiger partial charge in [0.05, 0.1) is 5.41 Å². The molecule has 0 radical (unpaired) electrons.